The van der Waals surface area contributed by atoms with Crippen LogP contribution in [0.1, 0.15) is 23.1 Å². The van der Waals surface area contributed by atoms with Crippen molar-refractivity contribution in [2.75, 3.05) is 13.3 Å². The number of hydrogen-bond acceptors (Lipinski definition) is 2. The maximum absolute atomic E-state index is 12.5. The quantitative estimate of drug-likeness (QED) is 0.850. The fourth-order valence-corrected chi connectivity index (χ4v) is 3.63. The normalized spacial score (nSPS) is 16.3. The van der Waals surface area contributed by atoms with Gasteiger partial charge in [-0.25, -0.2) is 4.79 Å². The zero-order chi connectivity index (χ0) is 16.9. The van der Waals surface area contributed by atoms with Crippen molar-refractivity contribution in [3.63, 3.8) is 0 Å². The fourth-order valence-electron chi connectivity index (χ4n) is 3.22. The molecular formula is C20H24N2OS. The number of likely N-dealkylation sites (N-methyl/N-ethyl adjacent to an activating group) is 1. The predicted molar refractivity (Wildman–Crippen MR) is 100 cm³/mol. The Labute approximate surface area is 148 Å². The number of fused-ring (bicyclic) bond motifs is 1. The third-order valence-electron chi connectivity index (χ3n) is 4.79. The summed E-state index contributed by atoms with van der Waals surface area (Å²) in [6.07, 6.45) is 5.09. The summed E-state index contributed by atoms with van der Waals surface area (Å²) in [5.74, 6) is 0. The van der Waals surface area contributed by atoms with Crippen LogP contribution in [0.4, 0.5) is 4.79 Å². The van der Waals surface area contributed by atoms with Crippen LogP contribution >= 0.6 is 11.8 Å². The molecule has 2 amide bonds. The van der Waals surface area contributed by atoms with Crippen LogP contribution in [0.25, 0.3) is 0 Å². The van der Waals surface area contributed by atoms with Crippen molar-refractivity contribution in [1.82, 2.24) is 10.2 Å². The van der Waals surface area contributed by atoms with Crippen molar-refractivity contribution in [3.8, 4) is 0 Å². The Morgan fingerprint density at radius 1 is 1.17 bits per heavy atom. The highest BCUT2D eigenvalue weighted by molar-refractivity contribution is 7.98. The Bertz CT molecular complexity index is 699. The molecule has 0 aliphatic heterocycles. The summed E-state index contributed by atoms with van der Waals surface area (Å²) in [4.78, 5) is 15.6. The molecule has 0 saturated carbocycles. The van der Waals surface area contributed by atoms with Crippen molar-refractivity contribution < 1.29 is 4.79 Å². The first-order valence-electron chi connectivity index (χ1n) is 8.37. The number of thioether (sulfide) groups is 1. The van der Waals surface area contributed by atoms with Crippen LogP contribution in [-0.4, -0.2) is 30.3 Å². The van der Waals surface area contributed by atoms with Crippen molar-refractivity contribution in [2.24, 2.45) is 0 Å². The van der Waals surface area contributed by atoms with Crippen LogP contribution in [0.2, 0.25) is 0 Å². The standard InChI is InChI=1S/C20H24N2OS/c1-22(18-10-9-16-5-3-4-6-17(16)13-18)20(23)21-14-15-7-11-19(24-2)12-8-15/h3-8,11-12,18H,9-10,13-14H2,1-2H3,(H,21,23). The minimum Gasteiger partial charge on any atom is -0.334 e. The van der Waals surface area contributed by atoms with Gasteiger partial charge in [-0.3, -0.25) is 0 Å². The molecule has 0 saturated heterocycles. The summed E-state index contributed by atoms with van der Waals surface area (Å²) in [5, 5.41) is 3.04. The SMILES string of the molecule is CSc1ccc(CNC(=O)N(C)C2CCc3ccccc3C2)cc1. The number of aryl methyl sites for hydroxylation is 1. The topological polar surface area (TPSA) is 32.3 Å². The van der Waals surface area contributed by atoms with Crippen LogP contribution in [0.3, 0.4) is 0 Å². The van der Waals surface area contributed by atoms with E-state index < -0.39 is 0 Å². The molecule has 24 heavy (non-hydrogen) atoms. The molecule has 126 valence electrons. The van der Waals surface area contributed by atoms with Gasteiger partial charge in [0.15, 0.2) is 0 Å². The van der Waals surface area contributed by atoms with Gasteiger partial charge in [-0.1, -0.05) is 36.4 Å². The third kappa shape index (κ3) is 3.93. The van der Waals surface area contributed by atoms with Gasteiger partial charge in [0.1, 0.15) is 0 Å². The summed E-state index contributed by atoms with van der Waals surface area (Å²) >= 11 is 1.72. The molecule has 0 fully saturated rings. The molecule has 0 spiro atoms. The maximum Gasteiger partial charge on any atom is 0.317 e. The summed E-state index contributed by atoms with van der Waals surface area (Å²) in [6.45, 7) is 0.571. The van der Waals surface area contributed by atoms with E-state index in [0.717, 1.165) is 24.8 Å². The highest BCUT2D eigenvalue weighted by Crippen LogP contribution is 2.24. The molecule has 2 aromatic rings. The fraction of sp³-hybridized carbons (Fsp3) is 0.350. The molecule has 1 atom stereocenters. The van der Waals surface area contributed by atoms with Crippen molar-refractivity contribution in [1.29, 1.82) is 0 Å². The van der Waals surface area contributed by atoms with E-state index >= 15 is 0 Å². The Morgan fingerprint density at radius 2 is 1.88 bits per heavy atom. The average Bonchev–Trinajstić information content (AvgIpc) is 2.65. The summed E-state index contributed by atoms with van der Waals surface area (Å²) in [7, 11) is 1.91. The Kier molecular flexibility index (Phi) is 5.46. The van der Waals surface area contributed by atoms with Gasteiger partial charge in [-0.2, -0.15) is 0 Å². The molecule has 0 bridgehead atoms. The van der Waals surface area contributed by atoms with E-state index in [2.05, 4.69) is 60.1 Å². The highest BCUT2D eigenvalue weighted by Gasteiger charge is 2.24. The highest BCUT2D eigenvalue weighted by atomic mass is 32.2. The second-order valence-corrected chi connectivity index (χ2v) is 7.16. The Hall–Kier alpha value is -1.94. The van der Waals surface area contributed by atoms with Crippen molar-refractivity contribution >= 4 is 17.8 Å². The van der Waals surface area contributed by atoms with E-state index in [-0.39, 0.29) is 12.1 Å². The van der Waals surface area contributed by atoms with Gasteiger partial charge in [-0.15, -0.1) is 11.8 Å². The van der Waals surface area contributed by atoms with E-state index in [1.807, 2.05) is 11.9 Å². The molecule has 0 heterocycles. The smallest absolute Gasteiger partial charge is 0.317 e. The van der Waals surface area contributed by atoms with E-state index in [1.165, 1.54) is 16.0 Å². The molecule has 3 nitrogen and oxygen atoms in total. The van der Waals surface area contributed by atoms with Crippen LogP contribution in [0.5, 0.6) is 0 Å². The molecule has 2 aromatic carbocycles. The van der Waals surface area contributed by atoms with Crippen LogP contribution in [0, 0.1) is 0 Å². The van der Waals surface area contributed by atoms with Gasteiger partial charge in [0.25, 0.3) is 0 Å². The number of rotatable bonds is 4. The second-order valence-electron chi connectivity index (χ2n) is 6.28. The molecule has 1 N–H and O–H groups in total. The molecule has 1 unspecified atom stereocenters. The average molecular weight is 340 g/mol. The zero-order valence-electron chi connectivity index (χ0n) is 14.3. The lowest BCUT2D eigenvalue weighted by atomic mass is 9.88. The van der Waals surface area contributed by atoms with Gasteiger partial charge in [0.2, 0.25) is 0 Å². The molecule has 0 radical (unpaired) electrons. The first-order chi connectivity index (χ1) is 11.7. The van der Waals surface area contributed by atoms with Crippen molar-refractivity contribution in [2.45, 2.75) is 36.7 Å². The lowest BCUT2D eigenvalue weighted by Gasteiger charge is -2.32. The summed E-state index contributed by atoms with van der Waals surface area (Å²) < 4.78 is 0. The number of nitrogens with one attached hydrogen (secondary N) is 1. The van der Waals surface area contributed by atoms with Gasteiger partial charge in [-0.05, 0) is 54.3 Å². The van der Waals surface area contributed by atoms with Crippen LogP contribution in [-0.2, 0) is 19.4 Å². The van der Waals surface area contributed by atoms with Gasteiger partial charge in [0, 0.05) is 24.5 Å². The van der Waals surface area contributed by atoms with Gasteiger partial charge in [0.05, 0.1) is 0 Å². The number of carbonyl (C=O) groups excluding carboxylic acids is 1. The van der Waals surface area contributed by atoms with Crippen molar-refractivity contribution in [3.05, 3.63) is 65.2 Å². The number of carbonyl (C=O) groups is 1. The minimum absolute atomic E-state index is 0.00771. The first kappa shape index (κ1) is 16.9. The molecule has 1 aliphatic rings. The number of urea groups is 1. The number of amides is 2. The molecular weight excluding hydrogens is 316 g/mol. The van der Waals surface area contributed by atoms with E-state index in [9.17, 15) is 4.79 Å². The number of benzene rings is 2. The summed E-state index contributed by atoms with van der Waals surface area (Å²) in [5.41, 5.74) is 3.93. The lowest BCUT2D eigenvalue weighted by molar-refractivity contribution is 0.184. The number of hydrogen-bond donors (Lipinski definition) is 1. The minimum atomic E-state index is 0.00771. The monoisotopic (exact) mass is 340 g/mol. The molecule has 4 heteroatoms. The molecule has 0 aromatic heterocycles. The number of nitrogens with zero attached hydrogens (tertiary/aromatic N) is 1. The van der Waals surface area contributed by atoms with Crippen LogP contribution in [0.15, 0.2) is 53.4 Å². The Balaban J connectivity index is 1.55. The van der Waals surface area contributed by atoms with E-state index in [1.54, 1.807) is 11.8 Å². The van der Waals surface area contributed by atoms with Gasteiger partial charge >= 0.3 is 6.03 Å². The predicted octanol–water partition coefficient (Wildman–Crippen LogP) is 4.11. The maximum atomic E-state index is 12.5. The molecule has 1 aliphatic carbocycles. The van der Waals surface area contributed by atoms with Gasteiger partial charge < -0.3 is 10.2 Å². The second kappa shape index (κ2) is 7.75. The van der Waals surface area contributed by atoms with E-state index in [0.29, 0.717) is 6.54 Å². The van der Waals surface area contributed by atoms with Crippen LogP contribution < -0.4 is 5.32 Å². The summed E-state index contributed by atoms with van der Waals surface area (Å²) in [6, 6.07) is 17.2. The third-order valence-corrected chi connectivity index (χ3v) is 5.54. The lowest BCUT2D eigenvalue weighted by Crippen LogP contribution is -2.45. The van der Waals surface area contributed by atoms with E-state index in [4.69, 9.17) is 0 Å². The first-order valence-corrected chi connectivity index (χ1v) is 9.60. The Morgan fingerprint density at radius 3 is 2.58 bits per heavy atom. The largest absolute Gasteiger partial charge is 0.334 e. The zero-order valence-corrected chi connectivity index (χ0v) is 15.1. The molecule has 3 rings (SSSR count).